The van der Waals surface area contributed by atoms with Crippen LogP contribution >= 0.6 is 11.5 Å². The summed E-state index contributed by atoms with van der Waals surface area (Å²) in [5.41, 5.74) is 2.65. The van der Waals surface area contributed by atoms with Gasteiger partial charge in [0.1, 0.15) is 6.61 Å². The van der Waals surface area contributed by atoms with Crippen molar-refractivity contribution in [2.24, 2.45) is 0 Å². The molecule has 0 saturated heterocycles. The van der Waals surface area contributed by atoms with E-state index in [0.29, 0.717) is 18.1 Å². The first-order chi connectivity index (χ1) is 9.79. The van der Waals surface area contributed by atoms with E-state index in [0.717, 1.165) is 21.3 Å². The number of aromatic nitrogens is 2. The monoisotopic (exact) mass is 286 g/mol. The highest BCUT2D eigenvalue weighted by molar-refractivity contribution is 7.13. The molecule has 0 amide bonds. The minimum absolute atomic E-state index is 0.105. The van der Waals surface area contributed by atoms with E-state index < -0.39 is 0 Å². The number of pyridine rings is 1. The summed E-state index contributed by atoms with van der Waals surface area (Å²) in [6, 6.07) is 9.90. The largest absolute Gasteiger partial charge is 0.473 e. The van der Waals surface area contributed by atoms with Gasteiger partial charge >= 0.3 is 0 Å². The van der Waals surface area contributed by atoms with Crippen molar-refractivity contribution in [2.75, 3.05) is 0 Å². The quantitative estimate of drug-likeness (QED) is 0.801. The second-order valence-corrected chi connectivity index (χ2v) is 5.28. The minimum Gasteiger partial charge on any atom is -0.473 e. The van der Waals surface area contributed by atoms with E-state index in [-0.39, 0.29) is 6.61 Å². The Morgan fingerprint density at radius 3 is 2.80 bits per heavy atom. The van der Waals surface area contributed by atoms with Gasteiger partial charge in [-0.2, -0.15) is 4.37 Å². The molecule has 0 atom stereocenters. The summed E-state index contributed by atoms with van der Waals surface area (Å²) in [6.45, 7) is 2.26. The fourth-order valence-electron chi connectivity index (χ4n) is 2.10. The van der Waals surface area contributed by atoms with E-state index in [9.17, 15) is 5.11 Å². The zero-order valence-electron chi connectivity index (χ0n) is 11.0. The molecule has 0 aliphatic rings. The van der Waals surface area contributed by atoms with Crippen molar-refractivity contribution in [3.63, 3.8) is 0 Å². The maximum Gasteiger partial charge on any atom is 0.220 e. The molecule has 0 aliphatic heterocycles. The van der Waals surface area contributed by atoms with Gasteiger partial charge in [0.25, 0.3) is 0 Å². The maximum absolute atomic E-state index is 9.58. The Balaban J connectivity index is 1.94. The number of hydrogen-bond acceptors (Lipinski definition) is 5. The summed E-state index contributed by atoms with van der Waals surface area (Å²) in [7, 11) is 0. The van der Waals surface area contributed by atoms with Crippen LogP contribution in [0.4, 0.5) is 0 Å². The Morgan fingerprint density at radius 1 is 1.25 bits per heavy atom. The third-order valence-electron chi connectivity index (χ3n) is 3.13. The van der Waals surface area contributed by atoms with Crippen LogP contribution in [-0.2, 0) is 13.2 Å². The standard InChI is InChI=1S/C15H14N2O2S/c1-10-14-12(7-16-20-14)13(8-18)15(17-10)19-9-11-5-3-2-4-6-11/h2-7,18H,8-9H2,1H3. The number of fused-ring (bicyclic) bond motifs is 1. The summed E-state index contributed by atoms with van der Waals surface area (Å²) in [4.78, 5) is 4.45. The molecule has 3 rings (SSSR count). The van der Waals surface area contributed by atoms with Crippen molar-refractivity contribution in [2.45, 2.75) is 20.1 Å². The predicted octanol–water partition coefficient (Wildman–Crippen LogP) is 3.07. The molecule has 1 N–H and O–H groups in total. The van der Waals surface area contributed by atoms with Crippen LogP contribution in [-0.4, -0.2) is 14.5 Å². The van der Waals surface area contributed by atoms with Gasteiger partial charge in [-0.05, 0) is 24.0 Å². The normalized spacial score (nSPS) is 10.9. The van der Waals surface area contributed by atoms with Crippen molar-refractivity contribution in [3.05, 3.63) is 53.3 Å². The molecule has 4 nitrogen and oxygen atoms in total. The van der Waals surface area contributed by atoms with Crippen molar-refractivity contribution < 1.29 is 9.84 Å². The fourth-order valence-corrected chi connectivity index (χ4v) is 2.81. The Morgan fingerprint density at radius 2 is 2.05 bits per heavy atom. The number of nitrogens with zero attached hydrogens (tertiary/aromatic N) is 2. The van der Waals surface area contributed by atoms with Gasteiger partial charge in [0, 0.05) is 17.1 Å². The van der Waals surface area contributed by atoms with Crippen LogP contribution in [0.1, 0.15) is 16.8 Å². The molecule has 0 aliphatic carbocycles. The van der Waals surface area contributed by atoms with Crippen LogP contribution in [0.15, 0.2) is 36.5 Å². The second-order valence-electron chi connectivity index (χ2n) is 4.48. The molecule has 0 saturated carbocycles. The molecule has 0 fully saturated rings. The Kier molecular flexibility index (Phi) is 3.62. The number of aliphatic hydroxyl groups excluding tert-OH is 1. The highest BCUT2D eigenvalue weighted by Gasteiger charge is 2.14. The molecule has 0 radical (unpaired) electrons. The lowest BCUT2D eigenvalue weighted by atomic mass is 10.2. The van der Waals surface area contributed by atoms with Gasteiger partial charge in [-0.3, -0.25) is 0 Å². The number of ether oxygens (including phenoxy) is 1. The van der Waals surface area contributed by atoms with Crippen LogP contribution in [0.3, 0.4) is 0 Å². The topological polar surface area (TPSA) is 55.2 Å². The molecule has 20 heavy (non-hydrogen) atoms. The van der Waals surface area contributed by atoms with Gasteiger partial charge in [-0.1, -0.05) is 30.3 Å². The Bertz CT molecular complexity index is 725. The Labute approximate surface area is 120 Å². The second kappa shape index (κ2) is 5.56. The zero-order valence-corrected chi connectivity index (χ0v) is 11.9. The molecule has 1 aromatic carbocycles. The van der Waals surface area contributed by atoms with Crippen molar-refractivity contribution in [1.82, 2.24) is 9.36 Å². The average molecular weight is 286 g/mol. The number of aryl methyl sites for hydroxylation is 1. The first kappa shape index (κ1) is 13.0. The zero-order chi connectivity index (χ0) is 13.9. The van der Waals surface area contributed by atoms with Gasteiger partial charge in [-0.15, -0.1) is 0 Å². The number of benzene rings is 1. The minimum atomic E-state index is -0.105. The first-order valence-electron chi connectivity index (χ1n) is 6.31. The van der Waals surface area contributed by atoms with Gasteiger partial charge < -0.3 is 9.84 Å². The lowest BCUT2D eigenvalue weighted by Gasteiger charge is -2.11. The lowest BCUT2D eigenvalue weighted by Crippen LogP contribution is -2.02. The molecular weight excluding hydrogens is 272 g/mol. The Hall–Kier alpha value is -1.98. The molecule has 2 aromatic heterocycles. The SMILES string of the molecule is Cc1nc(OCc2ccccc2)c(CO)c2cnsc12. The van der Waals surface area contributed by atoms with E-state index >= 15 is 0 Å². The first-order valence-corrected chi connectivity index (χ1v) is 7.08. The summed E-state index contributed by atoms with van der Waals surface area (Å²) >= 11 is 1.39. The molecule has 102 valence electrons. The lowest BCUT2D eigenvalue weighted by molar-refractivity contribution is 0.254. The molecule has 0 spiro atoms. The summed E-state index contributed by atoms with van der Waals surface area (Å²) < 4.78 is 10.9. The van der Waals surface area contributed by atoms with Crippen molar-refractivity contribution >= 4 is 21.6 Å². The van der Waals surface area contributed by atoms with Crippen LogP contribution in [0.25, 0.3) is 10.1 Å². The number of hydrogen-bond donors (Lipinski definition) is 1. The van der Waals surface area contributed by atoms with Gasteiger partial charge in [-0.25, -0.2) is 4.98 Å². The van der Waals surface area contributed by atoms with Gasteiger partial charge in [0.2, 0.25) is 5.88 Å². The molecule has 5 heteroatoms. The van der Waals surface area contributed by atoms with E-state index in [1.165, 1.54) is 11.5 Å². The van der Waals surface area contributed by atoms with Gasteiger partial charge in [0.05, 0.1) is 17.0 Å². The van der Waals surface area contributed by atoms with Crippen LogP contribution in [0.5, 0.6) is 5.88 Å². The molecule has 0 bridgehead atoms. The molecule has 2 heterocycles. The van der Waals surface area contributed by atoms with Crippen LogP contribution < -0.4 is 4.74 Å². The predicted molar refractivity (Wildman–Crippen MR) is 78.8 cm³/mol. The number of rotatable bonds is 4. The average Bonchev–Trinajstić information content (AvgIpc) is 2.96. The third kappa shape index (κ3) is 2.37. The highest BCUT2D eigenvalue weighted by Crippen LogP contribution is 2.30. The summed E-state index contributed by atoms with van der Waals surface area (Å²) in [6.07, 6.45) is 1.76. The summed E-state index contributed by atoms with van der Waals surface area (Å²) in [5.74, 6) is 0.488. The van der Waals surface area contributed by atoms with Crippen LogP contribution in [0.2, 0.25) is 0 Å². The van der Waals surface area contributed by atoms with E-state index in [1.807, 2.05) is 37.3 Å². The van der Waals surface area contributed by atoms with Crippen molar-refractivity contribution in [1.29, 1.82) is 0 Å². The number of aliphatic hydroxyl groups is 1. The van der Waals surface area contributed by atoms with Crippen LogP contribution in [0, 0.1) is 6.92 Å². The van der Waals surface area contributed by atoms with Gasteiger partial charge in [0.15, 0.2) is 0 Å². The highest BCUT2D eigenvalue weighted by atomic mass is 32.1. The molecule has 3 aromatic rings. The molecule has 0 unspecified atom stereocenters. The van der Waals surface area contributed by atoms with Crippen molar-refractivity contribution in [3.8, 4) is 5.88 Å². The smallest absolute Gasteiger partial charge is 0.220 e. The van der Waals surface area contributed by atoms with E-state index in [4.69, 9.17) is 4.74 Å². The maximum atomic E-state index is 9.58. The van der Waals surface area contributed by atoms with E-state index in [1.54, 1.807) is 6.20 Å². The third-order valence-corrected chi connectivity index (χ3v) is 4.04. The van der Waals surface area contributed by atoms with E-state index in [2.05, 4.69) is 9.36 Å². The summed E-state index contributed by atoms with van der Waals surface area (Å²) in [5, 5.41) is 10.5. The molecular formula is C15H14N2O2S. The fraction of sp³-hybridized carbons (Fsp3) is 0.200.